The lowest BCUT2D eigenvalue weighted by atomic mass is 9.91. The molecule has 8 nitrogen and oxygen atoms in total. The SMILES string of the molecule is CNC(=O)c1cc(-c2cc(Cl)cc(C3C(C)N(C(=O)OC(C)(C)C)CCN3C(C)=O)c2F)cc(F)n1. The van der Waals surface area contributed by atoms with Crippen LogP contribution in [-0.4, -0.2) is 64.5 Å². The third-order valence-electron chi connectivity index (χ3n) is 5.85. The first kappa shape index (κ1) is 27.3. The highest BCUT2D eigenvalue weighted by atomic mass is 35.5. The first-order valence-corrected chi connectivity index (χ1v) is 11.8. The molecular formula is C25H29ClF2N4O4. The van der Waals surface area contributed by atoms with Crippen LogP contribution >= 0.6 is 11.6 Å². The average molecular weight is 523 g/mol. The Morgan fingerprint density at radius 2 is 1.75 bits per heavy atom. The van der Waals surface area contributed by atoms with Crippen molar-refractivity contribution >= 4 is 29.5 Å². The van der Waals surface area contributed by atoms with E-state index in [1.54, 1.807) is 27.7 Å². The molecule has 0 spiro atoms. The van der Waals surface area contributed by atoms with Crippen molar-refractivity contribution in [2.45, 2.75) is 52.3 Å². The first-order valence-electron chi connectivity index (χ1n) is 11.4. The normalized spacial score (nSPS) is 18.1. The van der Waals surface area contributed by atoms with Crippen LogP contribution in [0.4, 0.5) is 13.6 Å². The van der Waals surface area contributed by atoms with Crippen LogP contribution in [0.3, 0.4) is 0 Å². The van der Waals surface area contributed by atoms with Gasteiger partial charge in [-0.1, -0.05) is 11.6 Å². The molecule has 1 aromatic carbocycles. The number of amides is 3. The molecule has 0 bridgehead atoms. The molecule has 1 N–H and O–H groups in total. The van der Waals surface area contributed by atoms with Gasteiger partial charge in [0, 0.05) is 49.3 Å². The Morgan fingerprint density at radius 1 is 1.11 bits per heavy atom. The van der Waals surface area contributed by atoms with E-state index in [2.05, 4.69) is 10.3 Å². The smallest absolute Gasteiger partial charge is 0.410 e. The Kier molecular flexibility index (Phi) is 7.88. The van der Waals surface area contributed by atoms with E-state index in [9.17, 15) is 18.8 Å². The monoisotopic (exact) mass is 522 g/mol. The molecule has 1 aliphatic heterocycles. The highest BCUT2D eigenvalue weighted by Gasteiger charge is 2.41. The third kappa shape index (κ3) is 5.75. The van der Waals surface area contributed by atoms with Gasteiger partial charge in [0.2, 0.25) is 11.9 Å². The largest absolute Gasteiger partial charge is 0.444 e. The van der Waals surface area contributed by atoms with Crippen molar-refractivity contribution < 1.29 is 27.9 Å². The summed E-state index contributed by atoms with van der Waals surface area (Å²) in [6.07, 6.45) is -0.586. The molecule has 1 aliphatic rings. The molecule has 0 saturated carbocycles. The maximum Gasteiger partial charge on any atom is 0.410 e. The number of carbonyl (C=O) groups excluding carboxylic acids is 3. The Labute approximate surface area is 213 Å². The number of aromatic nitrogens is 1. The van der Waals surface area contributed by atoms with Crippen LogP contribution in [0.5, 0.6) is 0 Å². The molecule has 3 amide bonds. The van der Waals surface area contributed by atoms with Crippen molar-refractivity contribution in [3.8, 4) is 11.1 Å². The number of hydrogen-bond acceptors (Lipinski definition) is 5. The number of pyridine rings is 1. The van der Waals surface area contributed by atoms with E-state index in [1.807, 2.05) is 0 Å². The molecule has 0 radical (unpaired) electrons. The molecule has 2 atom stereocenters. The highest BCUT2D eigenvalue weighted by molar-refractivity contribution is 6.31. The maximum atomic E-state index is 16.1. The first-order chi connectivity index (χ1) is 16.7. The number of benzene rings is 1. The number of rotatable bonds is 3. The van der Waals surface area contributed by atoms with Gasteiger partial charge in [0.15, 0.2) is 0 Å². The minimum Gasteiger partial charge on any atom is -0.444 e. The standard InChI is InChI=1S/C25H29ClF2N4O4/c1-13-22(32(14(2)33)8-7-31(13)24(35)36-25(3,4)5)18-12-16(26)11-17(21(18)28)15-9-19(23(34)29-6)30-20(27)10-15/h9-13,22H,7-8H2,1-6H3,(H,29,34). The Balaban J connectivity index is 2.14. The summed E-state index contributed by atoms with van der Waals surface area (Å²) in [6.45, 7) is 8.62. The third-order valence-corrected chi connectivity index (χ3v) is 6.07. The zero-order chi connectivity index (χ0) is 26.9. The van der Waals surface area contributed by atoms with Gasteiger partial charge in [0.1, 0.15) is 17.1 Å². The summed E-state index contributed by atoms with van der Waals surface area (Å²) in [6, 6.07) is 3.36. The molecule has 36 heavy (non-hydrogen) atoms. The van der Waals surface area contributed by atoms with Crippen molar-refractivity contribution in [1.29, 1.82) is 0 Å². The fourth-order valence-corrected chi connectivity index (χ4v) is 4.51. The van der Waals surface area contributed by atoms with Crippen LogP contribution in [0.2, 0.25) is 5.02 Å². The Hall–Kier alpha value is -3.27. The molecule has 2 heterocycles. The summed E-state index contributed by atoms with van der Waals surface area (Å²) in [7, 11) is 1.36. The number of nitrogens with zero attached hydrogens (tertiary/aromatic N) is 3. The van der Waals surface area contributed by atoms with Crippen LogP contribution in [0, 0.1) is 11.8 Å². The number of piperazine rings is 1. The number of carbonyl (C=O) groups is 3. The van der Waals surface area contributed by atoms with Crippen molar-refractivity contribution in [1.82, 2.24) is 20.1 Å². The van der Waals surface area contributed by atoms with Gasteiger partial charge >= 0.3 is 6.09 Å². The van der Waals surface area contributed by atoms with E-state index >= 15 is 4.39 Å². The molecule has 3 rings (SSSR count). The zero-order valence-corrected chi connectivity index (χ0v) is 21.7. The van der Waals surface area contributed by atoms with E-state index < -0.39 is 41.5 Å². The minimum atomic E-state index is -0.973. The second-order valence-corrected chi connectivity index (χ2v) is 10.0. The number of ether oxygens (including phenoxy) is 1. The minimum absolute atomic E-state index is 0.0455. The van der Waals surface area contributed by atoms with Gasteiger partial charge in [-0.15, -0.1) is 0 Å². The fourth-order valence-electron chi connectivity index (χ4n) is 4.28. The summed E-state index contributed by atoms with van der Waals surface area (Å²) in [5.41, 5.74) is -0.960. The van der Waals surface area contributed by atoms with Gasteiger partial charge in [-0.3, -0.25) is 9.59 Å². The van der Waals surface area contributed by atoms with Gasteiger partial charge in [-0.05, 0) is 51.5 Å². The second kappa shape index (κ2) is 10.4. The number of hydrogen-bond donors (Lipinski definition) is 1. The van der Waals surface area contributed by atoms with Gasteiger partial charge in [-0.25, -0.2) is 14.2 Å². The van der Waals surface area contributed by atoms with Crippen LogP contribution in [0.15, 0.2) is 24.3 Å². The average Bonchev–Trinajstić information content (AvgIpc) is 2.77. The molecule has 2 unspecified atom stereocenters. The van der Waals surface area contributed by atoms with Crippen LogP contribution in [0.25, 0.3) is 11.1 Å². The number of halogens is 3. The molecule has 11 heteroatoms. The van der Waals surface area contributed by atoms with E-state index in [4.69, 9.17) is 16.3 Å². The van der Waals surface area contributed by atoms with Gasteiger partial charge < -0.3 is 19.9 Å². The lowest BCUT2D eigenvalue weighted by Crippen LogP contribution is -2.57. The van der Waals surface area contributed by atoms with Gasteiger partial charge in [0.25, 0.3) is 5.91 Å². The van der Waals surface area contributed by atoms with Crippen molar-refractivity contribution in [2.24, 2.45) is 0 Å². The lowest BCUT2D eigenvalue weighted by molar-refractivity contribution is -0.136. The van der Waals surface area contributed by atoms with Crippen molar-refractivity contribution in [3.63, 3.8) is 0 Å². The summed E-state index contributed by atoms with van der Waals surface area (Å²) in [4.78, 5) is 43.9. The molecule has 1 fully saturated rings. The fraction of sp³-hybridized carbons (Fsp3) is 0.440. The lowest BCUT2D eigenvalue weighted by Gasteiger charge is -2.46. The molecule has 2 aromatic rings. The quantitative estimate of drug-likeness (QED) is 0.596. The van der Waals surface area contributed by atoms with Crippen LogP contribution in [-0.2, 0) is 9.53 Å². The predicted molar refractivity (Wildman–Crippen MR) is 131 cm³/mol. The zero-order valence-electron chi connectivity index (χ0n) is 21.0. The van der Waals surface area contributed by atoms with Gasteiger partial charge in [0.05, 0.1) is 12.1 Å². The topological polar surface area (TPSA) is 91.8 Å². The summed E-state index contributed by atoms with van der Waals surface area (Å²) in [5.74, 6) is -2.69. The van der Waals surface area contributed by atoms with Crippen molar-refractivity contribution in [3.05, 3.63) is 52.3 Å². The summed E-state index contributed by atoms with van der Waals surface area (Å²) in [5, 5.41) is 2.48. The molecule has 194 valence electrons. The van der Waals surface area contributed by atoms with E-state index in [0.717, 1.165) is 6.07 Å². The summed E-state index contributed by atoms with van der Waals surface area (Å²) < 4.78 is 35.9. The van der Waals surface area contributed by atoms with E-state index in [-0.39, 0.29) is 46.4 Å². The van der Waals surface area contributed by atoms with Crippen LogP contribution in [0.1, 0.15) is 56.7 Å². The number of nitrogens with one attached hydrogen (secondary N) is 1. The van der Waals surface area contributed by atoms with E-state index in [1.165, 1.54) is 42.0 Å². The Morgan fingerprint density at radius 3 is 2.33 bits per heavy atom. The molecule has 1 saturated heterocycles. The highest BCUT2D eigenvalue weighted by Crippen LogP contribution is 2.38. The molecule has 0 aliphatic carbocycles. The maximum absolute atomic E-state index is 16.1. The Bertz CT molecular complexity index is 1200. The van der Waals surface area contributed by atoms with Crippen LogP contribution < -0.4 is 5.32 Å². The van der Waals surface area contributed by atoms with Gasteiger partial charge in [-0.2, -0.15) is 4.39 Å². The second-order valence-electron chi connectivity index (χ2n) is 9.57. The van der Waals surface area contributed by atoms with E-state index in [0.29, 0.717) is 0 Å². The van der Waals surface area contributed by atoms with Crippen molar-refractivity contribution in [2.75, 3.05) is 20.1 Å². The molecular weight excluding hydrogens is 494 g/mol. The predicted octanol–water partition coefficient (Wildman–Crippen LogP) is 4.57. The summed E-state index contributed by atoms with van der Waals surface area (Å²) >= 11 is 6.36. The molecule has 1 aromatic heterocycles.